The van der Waals surface area contributed by atoms with Crippen molar-refractivity contribution >= 4 is 45.6 Å². The van der Waals surface area contributed by atoms with Crippen molar-refractivity contribution in [3.05, 3.63) is 0 Å². The predicted octanol–water partition coefficient (Wildman–Crippen LogP) is -1.51. The Morgan fingerprint density at radius 2 is 1.73 bits per heavy atom. The van der Waals surface area contributed by atoms with Gasteiger partial charge in [-0.3, -0.25) is 9.35 Å². The van der Waals surface area contributed by atoms with E-state index in [1.54, 1.807) is 0 Å². The zero-order chi connectivity index (χ0) is 8.58. The Hall–Kier alpha value is 0.380. The zero-order valence-electron chi connectivity index (χ0n) is 5.66. The van der Waals surface area contributed by atoms with Gasteiger partial charge in [-0.1, -0.05) is 0 Å². The van der Waals surface area contributed by atoms with Crippen LogP contribution in [0.3, 0.4) is 0 Å². The number of carbonyl (C=O) groups is 1. The molecule has 0 aromatic rings. The maximum atomic E-state index is 10.4. The molecule has 0 atom stereocenters. The quantitative estimate of drug-likeness (QED) is 0.409. The summed E-state index contributed by atoms with van der Waals surface area (Å²) in [4.78, 5) is 10.4. The predicted molar refractivity (Wildman–Crippen MR) is 42.0 cm³/mol. The molecule has 0 rings (SSSR count). The molecule has 1 amide bonds. The maximum absolute atomic E-state index is 10.4. The second-order valence-corrected chi connectivity index (χ2v) is 4.32. The number of nitrogens with two attached hydrogens (primary N) is 1. The van der Waals surface area contributed by atoms with E-state index in [9.17, 15) is 13.2 Å². The first-order valence-corrected chi connectivity index (χ1v) is 3.90. The van der Waals surface area contributed by atoms with Crippen molar-refractivity contribution in [2.24, 2.45) is 5.73 Å². The minimum absolute atomic E-state index is 0. The summed E-state index contributed by atoms with van der Waals surface area (Å²) in [5.74, 6) is -1.07. The van der Waals surface area contributed by atoms with E-state index in [4.69, 9.17) is 4.55 Å². The molecular formula is C4H10NNaO4S. The molecule has 0 radical (unpaired) electrons. The summed E-state index contributed by atoms with van der Waals surface area (Å²) in [6, 6.07) is 0. The minimum atomic E-state index is -4.38. The summed E-state index contributed by atoms with van der Waals surface area (Å²) in [5, 5.41) is 0. The van der Waals surface area contributed by atoms with E-state index in [2.05, 4.69) is 5.73 Å². The molecule has 0 unspecified atom stereocenters. The first-order chi connectivity index (χ1) is 4.19. The molecule has 62 valence electrons. The van der Waals surface area contributed by atoms with Crippen molar-refractivity contribution in [3.8, 4) is 0 Å². The number of carbonyl (C=O) groups excluding carboxylic acids is 1. The van der Waals surface area contributed by atoms with Crippen molar-refractivity contribution in [2.45, 2.75) is 18.6 Å². The van der Waals surface area contributed by atoms with Crippen LogP contribution in [0.4, 0.5) is 0 Å². The molecule has 0 aliphatic carbocycles. The van der Waals surface area contributed by atoms with Gasteiger partial charge in [-0.2, -0.15) is 8.42 Å². The van der Waals surface area contributed by atoms with E-state index in [0.717, 1.165) is 13.8 Å². The molecule has 0 saturated carbocycles. The van der Waals surface area contributed by atoms with Crippen molar-refractivity contribution in [2.75, 3.05) is 0 Å². The molecule has 5 nitrogen and oxygen atoms in total. The standard InChI is InChI=1S/C4H9NO4S.Na.H/c1-4(2,3(5)6)10(7,8)9;;/h1-2H3,(H2,5,6)(H,7,8,9);;. The third-order valence-electron chi connectivity index (χ3n) is 1.24. The second-order valence-electron chi connectivity index (χ2n) is 2.35. The Kier molecular flexibility index (Phi) is 4.89. The van der Waals surface area contributed by atoms with Gasteiger partial charge >= 0.3 is 29.6 Å². The van der Waals surface area contributed by atoms with Gasteiger partial charge in [0.25, 0.3) is 10.1 Å². The molecule has 0 aliphatic rings. The van der Waals surface area contributed by atoms with Gasteiger partial charge in [-0.25, -0.2) is 0 Å². The topological polar surface area (TPSA) is 97.5 Å². The first kappa shape index (κ1) is 13.9. The summed E-state index contributed by atoms with van der Waals surface area (Å²) < 4.78 is 27.2. The molecule has 0 fully saturated rings. The monoisotopic (exact) mass is 191 g/mol. The van der Waals surface area contributed by atoms with Crippen LogP contribution >= 0.6 is 0 Å². The van der Waals surface area contributed by atoms with Gasteiger partial charge in [-0.15, -0.1) is 0 Å². The van der Waals surface area contributed by atoms with Gasteiger partial charge in [0.15, 0.2) is 4.75 Å². The Morgan fingerprint density at radius 3 is 1.73 bits per heavy atom. The fraction of sp³-hybridized carbons (Fsp3) is 0.750. The summed E-state index contributed by atoms with van der Waals surface area (Å²) in [6.07, 6.45) is 0. The summed E-state index contributed by atoms with van der Waals surface area (Å²) >= 11 is 0. The van der Waals surface area contributed by atoms with Gasteiger partial charge in [0.1, 0.15) is 0 Å². The Morgan fingerprint density at radius 1 is 1.45 bits per heavy atom. The van der Waals surface area contributed by atoms with E-state index in [-0.39, 0.29) is 29.6 Å². The number of rotatable bonds is 2. The Labute approximate surface area is 87.4 Å². The van der Waals surface area contributed by atoms with Crippen molar-refractivity contribution in [1.29, 1.82) is 0 Å². The van der Waals surface area contributed by atoms with Crippen LogP contribution in [0.2, 0.25) is 0 Å². The second kappa shape index (κ2) is 3.86. The molecule has 0 spiro atoms. The summed E-state index contributed by atoms with van der Waals surface area (Å²) in [7, 11) is -4.38. The van der Waals surface area contributed by atoms with Crippen LogP contribution in [0.5, 0.6) is 0 Å². The average Bonchev–Trinajstić information content (AvgIpc) is 1.62. The fourth-order valence-electron chi connectivity index (χ4n) is 0.127. The van der Waals surface area contributed by atoms with Gasteiger partial charge in [0.2, 0.25) is 5.91 Å². The van der Waals surface area contributed by atoms with E-state index < -0.39 is 20.8 Å². The van der Waals surface area contributed by atoms with E-state index in [1.165, 1.54) is 0 Å². The molecule has 0 saturated heterocycles. The Bertz CT molecular complexity index is 245. The third-order valence-corrected chi connectivity index (χ3v) is 2.73. The van der Waals surface area contributed by atoms with Crippen molar-refractivity contribution < 1.29 is 17.8 Å². The van der Waals surface area contributed by atoms with Crippen LogP contribution in [-0.2, 0) is 14.9 Å². The van der Waals surface area contributed by atoms with Crippen molar-refractivity contribution in [1.82, 2.24) is 0 Å². The molecule has 7 heteroatoms. The summed E-state index contributed by atoms with van der Waals surface area (Å²) in [5.41, 5.74) is 4.68. The molecule has 0 heterocycles. The molecular weight excluding hydrogens is 181 g/mol. The van der Waals surface area contributed by atoms with E-state index in [1.807, 2.05) is 0 Å². The number of hydrogen-bond donors (Lipinski definition) is 2. The SMILES string of the molecule is CC(C)(C(N)=O)S(=O)(=O)O.[NaH]. The zero-order valence-corrected chi connectivity index (χ0v) is 6.47. The van der Waals surface area contributed by atoms with E-state index in [0.29, 0.717) is 0 Å². The van der Waals surface area contributed by atoms with Gasteiger partial charge in [0.05, 0.1) is 0 Å². The molecule has 0 aliphatic heterocycles. The van der Waals surface area contributed by atoms with Crippen LogP contribution in [-0.4, -0.2) is 53.2 Å². The average molecular weight is 191 g/mol. The summed E-state index contributed by atoms with van der Waals surface area (Å²) in [6.45, 7) is 2.06. The van der Waals surface area contributed by atoms with Crippen LogP contribution < -0.4 is 5.73 Å². The molecule has 0 aromatic carbocycles. The van der Waals surface area contributed by atoms with Crippen LogP contribution in [0.25, 0.3) is 0 Å². The van der Waals surface area contributed by atoms with Crippen molar-refractivity contribution in [3.63, 3.8) is 0 Å². The van der Waals surface area contributed by atoms with Gasteiger partial charge < -0.3 is 5.73 Å². The number of amides is 1. The molecule has 3 N–H and O–H groups in total. The third kappa shape index (κ3) is 3.08. The van der Waals surface area contributed by atoms with Crippen LogP contribution in [0, 0.1) is 0 Å². The normalized spacial score (nSPS) is 11.9. The van der Waals surface area contributed by atoms with Gasteiger partial charge in [-0.05, 0) is 13.8 Å². The first-order valence-electron chi connectivity index (χ1n) is 2.46. The van der Waals surface area contributed by atoms with Gasteiger partial charge in [0, 0.05) is 0 Å². The number of primary amides is 1. The molecule has 11 heavy (non-hydrogen) atoms. The molecule has 0 bridgehead atoms. The Balaban J connectivity index is 0. The fourth-order valence-corrected chi connectivity index (χ4v) is 0.381. The van der Waals surface area contributed by atoms with Crippen LogP contribution in [0.15, 0.2) is 0 Å². The van der Waals surface area contributed by atoms with E-state index >= 15 is 0 Å². The molecule has 0 aromatic heterocycles. The number of hydrogen-bond acceptors (Lipinski definition) is 3. The van der Waals surface area contributed by atoms with Crippen LogP contribution in [0.1, 0.15) is 13.8 Å².